The van der Waals surface area contributed by atoms with Gasteiger partial charge in [0, 0.05) is 23.3 Å². The van der Waals surface area contributed by atoms with Crippen LogP contribution in [0.4, 0.5) is 11.4 Å². The predicted octanol–water partition coefficient (Wildman–Crippen LogP) is 2.27. The summed E-state index contributed by atoms with van der Waals surface area (Å²) < 4.78 is 25.4. The molecule has 0 radical (unpaired) electrons. The van der Waals surface area contributed by atoms with Crippen molar-refractivity contribution in [3.63, 3.8) is 0 Å². The van der Waals surface area contributed by atoms with E-state index in [1.807, 2.05) is 26.0 Å². The van der Waals surface area contributed by atoms with Gasteiger partial charge in [-0.15, -0.1) is 0 Å². The Kier molecular flexibility index (Phi) is 5.83. The number of hydrogen-bond acceptors (Lipinski definition) is 4. The Morgan fingerprint density at radius 2 is 1.70 bits per heavy atom. The molecule has 0 spiro atoms. The molecule has 1 rings (SSSR count). The highest BCUT2D eigenvalue weighted by molar-refractivity contribution is 7.92. The molecule has 0 amide bonds. The summed E-state index contributed by atoms with van der Waals surface area (Å²) in [5, 5.41) is 12.6. The Labute approximate surface area is 121 Å². The minimum absolute atomic E-state index is 0.0539. The molecule has 5 nitrogen and oxygen atoms in total. The average molecular weight is 300 g/mol. The van der Waals surface area contributed by atoms with Gasteiger partial charge in [0.2, 0.25) is 10.0 Å². The van der Waals surface area contributed by atoms with Gasteiger partial charge in [0.1, 0.15) is 0 Å². The SMILES string of the molecule is CCC(C)(CO)CNc1ccc(NS(=O)(=O)CC)cc1. The van der Waals surface area contributed by atoms with Crippen molar-refractivity contribution in [2.24, 2.45) is 5.41 Å². The number of aliphatic hydroxyl groups is 1. The van der Waals surface area contributed by atoms with Crippen molar-refractivity contribution in [2.45, 2.75) is 27.2 Å². The van der Waals surface area contributed by atoms with E-state index in [1.165, 1.54) is 0 Å². The Bertz CT molecular complexity index is 508. The van der Waals surface area contributed by atoms with Crippen LogP contribution in [0.15, 0.2) is 24.3 Å². The minimum atomic E-state index is -3.23. The fraction of sp³-hybridized carbons (Fsp3) is 0.571. The topological polar surface area (TPSA) is 78.4 Å². The van der Waals surface area contributed by atoms with Crippen LogP contribution < -0.4 is 10.0 Å². The van der Waals surface area contributed by atoms with Gasteiger partial charge in [-0.1, -0.05) is 13.8 Å². The van der Waals surface area contributed by atoms with Gasteiger partial charge in [0.25, 0.3) is 0 Å². The summed E-state index contributed by atoms with van der Waals surface area (Å²) in [6.45, 7) is 6.45. The molecule has 0 fully saturated rings. The maximum Gasteiger partial charge on any atom is 0.232 e. The largest absolute Gasteiger partial charge is 0.396 e. The standard InChI is InChI=1S/C14H24N2O3S/c1-4-14(3,11-17)10-15-12-6-8-13(9-7-12)16-20(18,19)5-2/h6-9,15-17H,4-5,10-11H2,1-3H3. The molecule has 3 N–H and O–H groups in total. The molecular formula is C14H24N2O3S. The zero-order chi connectivity index (χ0) is 15.2. The van der Waals surface area contributed by atoms with Gasteiger partial charge >= 0.3 is 0 Å². The number of hydrogen-bond donors (Lipinski definition) is 3. The zero-order valence-corrected chi connectivity index (χ0v) is 13.1. The quantitative estimate of drug-likeness (QED) is 0.688. The van der Waals surface area contributed by atoms with Crippen LogP contribution in [0.5, 0.6) is 0 Å². The third-order valence-corrected chi connectivity index (χ3v) is 4.80. The molecule has 0 aromatic heterocycles. The lowest BCUT2D eigenvalue weighted by Crippen LogP contribution is -2.29. The molecule has 0 aliphatic carbocycles. The van der Waals surface area contributed by atoms with Gasteiger partial charge in [-0.05, 0) is 37.6 Å². The van der Waals surface area contributed by atoms with Crippen molar-refractivity contribution in [2.75, 3.05) is 28.9 Å². The fourth-order valence-electron chi connectivity index (χ4n) is 1.52. The van der Waals surface area contributed by atoms with E-state index in [1.54, 1.807) is 19.1 Å². The Balaban J connectivity index is 2.64. The van der Waals surface area contributed by atoms with E-state index in [2.05, 4.69) is 10.0 Å². The van der Waals surface area contributed by atoms with Gasteiger partial charge in [0.05, 0.1) is 12.4 Å². The molecule has 0 saturated carbocycles. The van der Waals surface area contributed by atoms with Crippen LogP contribution in [0.25, 0.3) is 0 Å². The molecule has 0 bridgehead atoms. The van der Waals surface area contributed by atoms with Gasteiger partial charge in [-0.2, -0.15) is 0 Å². The van der Waals surface area contributed by atoms with Crippen molar-refractivity contribution >= 4 is 21.4 Å². The van der Waals surface area contributed by atoms with Gasteiger partial charge < -0.3 is 10.4 Å². The smallest absolute Gasteiger partial charge is 0.232 e. The Hall–Kier alpha value is -1.27. The third-order valence-electron chi connectivity index (χ3n) is 3.49. The van der Waals surface area contributed by atoms with E-state index in [-0.39, 0.29) is 17.8 Å². The number of benzene rings is 1. The van der Waals surface area contributed by atoms with Crippen molar-refractivity contribution < 1.29 is 13.5 Å². The molecule has 6 heteroatoms. The maximum absolute atomic E-state index is 11.4. The zero-order valence-electron chi connectivity index (χ0n) is 12.3. The number of rotatable bonds is 8. The number of sulfonamides is 1. The summed E-state index contributed by atoms with van der Waals surface area (Å²) in [6, 6.07) is 7.08. The second kappa shape index (κ2) is 6.95. The van der Waals surface area contributed by atoms with Crippen molar-refractivity contribution in [1.29, 1.82) is 0 Å². The van der Waals surface area contributed by atoms with Gasteiger partial charge in [-0.3, -0.25) is 4.72 Å². The summed E-state index contributed by atoms with van der Waals surface area (Å²) in [5.74, 6) is 0.0539. The first-order valence-corrected chi connectivity index (χ1v) is 8.44. The van der Waals surface area contributed by atoms with E-state index in [0.29, 0.717) is 12.2 Å². The monoisotopic (exact) mass is 300 g/mol. The molecule has 1 aromatic rings. The first kappa shape index (κ1) is 16.8. The van der Waals surface area contributed by atoms with Gasteiger partial charge in [0.15, 0.2) is 0 Å². The van der Waals surface area contributed by atoms with Crippen molar-refractivity contribution in [3.05, 3.63) is 24.3 Å². The summed E-state index contributed by atoms with van der Waals surface area (Å²) in [6.07, 6.45) is 0.880. The minimum Gasteiger partial charge on any atom is -0.396 e. The van der Waals surface area contributed by atoms with Crippen LogP contribution in [0.2, 0.25) is 0 Å². The van der Waals surface area contributed by atoms with E-state index in [4.69, 9.17) is 0 Å². The third kappa shape index (κ3) is 5.02. The maximum atomic E-state index is 11.4. The van der Waals surface area contributed by atoms with Crippen LogP contribution in [0.3, 0.4) is 0 Å². The predicted molar refractivity (Wildman–Crippen MR) is 83.5 cm³/mol. The van der Waals surface area contributed by atoms with Crippen LogP contribution in [0.1, 0.15) is 27.2 Å². The molecule has 0 heterocycles. The molecule has 0 aliphatic heterocycles. The number of nitrogens with one attached hydrogen (secondary N) is 2. The molecule has 1 aromatic carbocycles. The fourth-order valence-corrected chi connectivity index (χ4v) is 2.16. The normalized spacial score (nSPS) is 14.6. The van der Waals surface area contributed by atoms with Crippen LogP contribution >= 0.6 is 0 Å². The molecule has 1 atom stereocenters. The molecule has 114 valence electrons. The second-order valence-corrected chi connectivity index (χ2v) is 7.27. The summed E-state index contributed by atoms with van der Waals surface area (Å²) >= 11 is 0. The lowest BCUT2D eigenvalue weighted by atomic mass is 9.88. The number of anilines is 2. The first-order chi connectivity index (χ1) is 9.34. The van der Waals surface area contributed by atoms with Crippen LogP contribution in [0, 0.1) is 5.41 Å². The van der Waals surface area contributed by atoms with Crippen LogP contribution in [-0.4, -0.2) is 32.4 Å². The second-order valence-electron chi connectivity index (χ2n) is 5.26. The van der Waals surface area contributed by atoms with E-state index >= 15 is 0 Å². The van der Waals surface area contributed by atoms with Gasteiger partial charge in [-0.25, -0.2) is 8.42 Å². The highest BCUT2D eigenvalue weighted by atomic mass is 32.2. The lowest BCUT2D eigenvalue weighted by molar-refractivity contribution is 0.149. The molecular weight excluding hydrogens is 276 g/mol. The van der Waals surface area contributed by atoms with E-state index in [9.17, 15) is 13.5 Å². The molecule has 1 unspecified atom stereocenters. The number of aliphatic hydroxyl groups excluding tert-OH is 1. The first-order valence-electron chi connectivity index (χ1n) is 6.79. The molecule has 0 saturated heterocycles. The lowest BCUT2D eigenvalue weighted by Gasteiger charge is -2.26. The molecule has 0 aliphatic rings. The average Bonchev–Trinajstić information content (AvgIpc) is 2.46. The summed E-state index contributed by atoms with van der Waals surface area (Å²) in [5.41, 5.74) is 1.30. The van der Waals surface area contributed by atoms with Crippen LogP contribution in [-0.2, 0) is 10.0 Å². The van der Waals surface area contributed by atoms with Crippen molar-refractivity contribution in [3.8, 4) is 0 Å². The van der Waals surface area contributed by atoms with Crippen molar-refractivity contribution in [1.82, 2.24) is 0 Å². The Morgan fingerprint density at radius 3 is 2.15 bits per heavy atom. The van der Waals surface area contributed by atoms with E-state index < -0.39 is 10.0 Å². The summed E-state index contributed by atoms with van der Waals surface area (Å²) in [7, 11) is -3.23. The highest BCUT2D eigenvalue weighted by Crippen LogP contribution is 2.22. The highest BCUT2D eigenvalue weighted by Gasteiger charge is 2.20. The molecule has 20 heavy (non-hydrogen) atoms. The summed E-state index contributed by atoms with van der Waals surface area (Å²) in [4.78, 5) is 0. The Morgan fingerprint density at radius 1 is 1.15 bits per heavy atom. The van der Waals surface area contributed by atoms with E-state index in [0.717, 1.165) is 12.1 Å².